The molecule has 1 saturated heterocycles. The molecule has 2 aromatic rings. The zero-order chi connectivity index (χ0) is 20.6. The van der Waals surface area contributed by atoms with Crippen molar-refractivity contribution in [2.45, 2.75) is 51.7 Å². The monoisotopic (exact) mass is 396 g/mol. The lowest BCUT2D eigenvalue weighted by Gasteiger charge is -2.36. The normalized spacial score (nSPS) is 24.2. The number of aryl methyl sites for hydroxylation is 1. The Hall–Kier alpha value is -3.03. The summed E-state index contributed by atoms with van der Waals surface area (Å²) in [5.74, 6) is -0.930. The summed E-state index contributed by atoms with van der Waals surface area (Å²) in [4.78, 5) is 47.6. The molecule has 1 saturated carbocycles. The first kappa shape index (κ1) is 19.3. The van der Waals surface area contributed by atoms with Crippen LogP contribution in [-0.2, 0) is 20.9 Å². The third-order valence-corrected chi connectivity index (χ3v) is 6.00. The Kier molecular flexibility index (Phi) is 4.94. The number of fused-ring (bicyclic) bond motifs is 1. The number of aromatic nitrogens is 2. The highest BCUT2D eigenvalue weighted by Crippen LogP contribution is 2.38. The summed E-state index contributed by atoms with van der Waals surface area (Å²) >= 11 is 0. The predicted molar refractivity (Wildman–Crippen MR) is 105 cm³/mol. The van der Waals surface area contributed by atoms with Gasteiger partial charge in [-0.3, -0.25) is 14.5 Å². The molecule has 2 unspecified atom stereocenters. The van der Waals surface area contributed by atoms with Gasteiger partial charge in [0.15, 0.2) is 0 Å². The second-order valence-corrected chi connectivity index (χ2v) is 7.84. The smallest absolute Gasteiger partial charge is 0.326 e. The Morgan fingerprint density at radius 2 is 1.97 bits per heavy atom. The molecular weight excluding hydrogens is 372 g/mol. The van der Waals surface area contributed by atoms with Gasteiger partial charge in [-0.25, -0.2) is 14.8 Å². The summed E-state index contributed by atoms with van der Waals surface area (Å²) < 4.78 is 5.30. The number of imide groups is 1. The van der Waals surface area contributed by atoms with Gasteiger partial charge >= 0.3 is 12.0 Å². The lowest BCUT2D eigenvalue weighted by Crippen LogP contribution is -2.54. The molecule has 1 aliphatic carbocycles. The van der Waals surface area contributed by atoms with Gasteiger partial charge in [0.25, 0.3) is 5.91 Å². The molecule has 1 spiro atoms. The molecule has 4 rings (SSSR count). The minimum Gasteiger partial charge on any atom is -0.458 e. The number of nitrogens with zero attached hydrogens (tertiary/aromatic N) is 3. The van der Waals surface area contributed by atoms with E-state index < -0.39 is 24.1 Å². The largest absolute Gasteiger partial charge is 0.458 e. The molecule has 2 fully saturated rings. The van der Waals surface area contributed by atoms with E-state index in [4.69, 9.17) is 4.74 Å². The highest BCUT2D eigenvalue weighted by molar-refractivity contribution is 6.09. The van der Waals surface area contributed by atoms with Crippen molar-refractivity contribution in [3.63, 3.8) is 0 Å². The van der Waals surface area contributed by atoms with E-state index in [1.807, 2.05) is 31.2 Å². The van der Waals surface area contributed by atoms with Gasteiger partial charge in [0.1, 0.15) is 18.7 Å². The number of urea groups is 1. The lowest BCUT2D eigenvalue weighted by atomic mass is 9.73. The van der Waals surface area contributed by atoms with Crippen molar-refractivity contribution in [2.24, 2.45) is 5.92 Å². The number of rotatable bonds is 4. The fourth-order valence-electron chi connectivity index (χ4n) is 4.22. The third-order valence-electron chi connectivity index (χ3n) is 6.00. The van der Waals surface area contributed by atoms with Crippen LogP contribution >= 0.6 is 0 Å². The van der Waals surface area contributed by atoms with Crippen molar-refractivity contribution in [2.75, 3.05) is 6.54 Å². The van der Waals surface area contributed by atoms with Crippen LogP contribution in [0.2, 0.25) is 0 Å². The zero-order valence-electron chi connectivity index (χ0n) is 16.6. The first-order chi connectivity index (χ1) is 13.9. The van der Waals surface area contributed by atoms with Crippen LogP contribution in [0.15, 0.2) is 24.3 Å². The van der Waals surface area contributed by atoms with Gasteiger partial charge in [0, 0.05) is 0 Å². The van der Waals surface area contributed by atoms with Crippen LogP contribution in [-0.4, -0.2) is 44.9 Å². The number of esters is 1. The summed E-state index contributed by atoms with van der Waals surface area (Å²) in [5, 5.41) is 2.83. The van der Waals surface area contributed by atoms with E-state index >= 15 is 0 Å². The molecule has 0 radical (unpaired) electrons. The minimum atomic E-state index is -0.879. The van der Waals surface area contributed by atoms with E-state index in [0.29, 0.717) is 23.3 Å². The van der Waals surface area contributed by atoms with Crippen LogP contribution < -0.4 is 5.32 Å². The number of hydrogen-bond donors (Lipinski definition) is 1. The summed E-state index contributed by atoms with van der Waals surface area (Å²) in [6.07, 6.45) is 3.41. The van der Waals surface area contributed by atoms with Crippen LogP contribution in [0.5, 0.6) is 0 Å². The van der Waals surface area contributed by atoms with Crippen molar-refractivity contribution in [3.05, 3.63) is 35.7 Å². The highest BCUT2D eigenvalue weighted by Gasteiger charge is 2.55. The zero-order valence-corrected chi connectivity index (χ0v) is 16.6. The van der Waals surface area contributed by atoms with Gasteiger partial charge in [-0.05, 0) is 37.8 Å². The molecule has 1 aromatic heterocycles. The van der Waals surface area contributed by atoms with E-state index in [1.54, 1.807) is 6.92 Å². The molecule has 3 amide bonds. The quantitative estimate of drug-likeness (QED) is 0.629. The van der Waals surface area contributed by atoms with Crippen molar-refractivity contribution in [1.29, 1.82) is 0 Å². The molecule has 1 N–H and O–H groups in total. The molecule has 0 bridgehead atoms. The number of ether oxygens (including phenoxy) is 1. The lowest BCUT2D eigenvalue weighted by molar-refractivity contribution is -0.149. The first-order valence-electron chi connectivity index (χ1n) is 9.93. The fraction of sp³-hybridized carbons (Fsp3) is 0.476. The molecular formula is C21H24N4O4. The predicted octanol–water partition coefficient (Wildman–Crippen LogP) is 2.48. The van der Waals surface area contributed by atoms with Gasteiger partial charge in [-0.15, -0.1) is 0 Å². The number of carbonyl (C=O) groups is 3. The van der Waals surface area contributed by atoms with Crippen LogP contribution in [0, 0.1) is 12.8 Å². The van der Waals surface area contributed by atoms with Gasteiger partial charge in [0.2, 0.25) is 0 Å². The minimum absolute atomic E-state index is 0.0456. The van der Waals surface area contributed by atoms with Crippen LogP contribution in [0.25, 0.3) is 11.0 Å². The highest BCUT2D eigenvalue weighted by atomic mass is 16.5. The SMILES string of the molecule is Cc1nc2ccccc2nc1COC(=O)CN1C(=O)NC2(CCCCC2C)C1=O. The maximum absolute atomic E-state index is 12.9. The summed E-state index contributed by atoms with van der Waals surface area (Å²) in [6.45, 7) is 3.31. The van der Waals surface area contributed by atoms with Crippen molar-refractivity contribution >= 4 is 28.9 Å². The average molecular weight is 396 g/mol. The van der Waals surface area contributed by atoms with Crippen LogP contribution in [0.4, 0.5) is 4.79 Å². The maximum Gasteiger partial charge on any atom is 0.326 e. The Morgan fingerprint density at radius 1 is 1.24 bits per heavy atom. The number of nitrogens with one attached hydrogen (secondary N) is 1. The number of hydrogen-bond acceptors (Lipinski definition) is 6. The summed E-state index contributed by atoms with van der Waals surface area (Å²) in [5.41, 5.74) is 1.82. The molecule has 29 heavy (non-hydrogen) atoms. The number of amides is 3. The average Bonchev–Trinajstić information content (AvgIpc) is 2.93. The fourth-order valence-corrected chi connectivity index (χ4v) is 4.22. The Balaban J connectivity index is 1.42. The van der Waals surface area contributed by atoms with Gasteiger partial charge in [-0.2, -0.15) is 0 Å². The maximum atomic E-state index is 12.9. The number of para-hydroxylation sites is 2. The third kappa shape index (κ3) is 3.43. The van der Waals surface area contributed by atoms with E-state index in [-0.39, 0.29) is 18.4 Å². The molecule has 2 heterocycles. The standard InChI is InChI=1S/C21H24N4O4/c1-13-7-5-6-10-21(13)19(27)25(20(28)24-21)11-18(26)29-12-17-14(2)22-15-8-3-4-9-16(15)23-17/h3-4,8-9,13H,5-7,10-12H2,1-2H3,(H,24,28). The van der Waals surface area contributed by atoms with Gasteiger partial charge < -0.3 is 10.1 Å². The van der Waals surface area contributed by atoms with Gasteiger partial charge in [-0.1, -0.05) is 31.9 Å². The van der Waals surface area contributed by atoms with Crippen molar-refractivity contribution < 1.29 is 19.1 Å². The summed E-state index contributed by atoms with van der Waals surface area (Å²) in [6, 6.07) is 6.92. The van der Waals surface area contributed by atoms with E-state index in [2.05, 4.69) is 15.3 Å². The molecule has 1 aromatic carbocycles. The topological polar surface area (TPSA) is 101 Å². The Morgan fingerprint density at radius 3 is 2.69 bits per heavy atom. The van der Waals surface area contributed by atoms with E-state index in [9.17, 15) is 14.4 Å². The Bertz CT molecular complexity index is 992. The molecule has 8 nitrogen and oxygen atoms in total. The van der Waals surface area contributed by atoms with E-state index in [1.165, 1.54) is 0 Å². The second kappa shape index (κ2) is 7.42. The molecule has 1 aliphatic heterocycles. The van der Waals surface area contributed by atoms with Crippen molar-refractivity contribution in [1.82, 2.24) is 20.2 Å². The van der Waals surface area contributed by atoms with Crippen LogP contribution in [0.1, 0.15) is 44.0 Å². The first-order valence-corrected chi connectivity index (χ1v) is 9.93. The molecule has 2 aliphatic rings. The molecule has 152 valence electrons. The van der Waals surface area contributed by atoms with Crippen molar-refractivity contribution in [3.8, 4) is 0 Å². The summed E-state index contributed by atoms with van der Waals surface area (Å²) in [7, 11) is 0. The number of benzene rings is 1. The molecule has 8 heteroatoms. The van der Waals surface area contributed by atoms with Gasteiger partial charge in [0.05, 0.1) is 22.4 Å². The van der Waals surface area contributed by atoms with Crippen LogP contribution in [0.3, 0.4) is 0 Å². The molecule has 2 atom stereocenters. The van der Waals surface area contributed by atoms with E-state index in [0.717, 1.165) is 29.7 Å². The Labute approximate surface area is 168 Å². The number of carbonyl (C=O) groups excluding carboxylic acids is 3. The second-order valence-electron chi connectivity index (χ2n) is 7.84.